The van der Waals surface area contributed by atoms with Gasteiger partial charge in [-0.25, -0.2) is 19.5 Å². The van der Waals surface area contributed by atoms with Crippen molar-refractivity contribution in [3.63, 3.8) is 0 Å². The molecule has 20 nitrogen and oxygen atoms in total. The zero-order chi connectivity index (χ0) is 30.5. The van der Waals surface area contributed by atoms with E-state index in [4.69, 9.17) is 34.5 Å². The maximum atomic E-state index is 13.1. The third-order valence-electron chi connectivity index (χ3n) is 6.98. The summed E-state index contributed by atoms with van der Waals surface area (Å²) in [5.41, 5.74) is 11.9. The van der Waals surface area contributed by atoms with Crippen molar-refractivity contribution in [2.24, 2.45) is 0 Å². The molecule has 0 amide bonds. The fraction of sp³-hybridized carbons (Fsp3) is 0.476. The monoisotopic (exact) mass is 642 g/mol. The van der Waals surface area contributed by atoms with Crippen LogP contribution in [0.15, 0.2) is 29.7 Å². The number of fused-ring (bicyclic) bond motifs is 2. The van der Waals surface area contributed by atoms with Gasteiger partial charge in [-0.3, -0.25) is 23.4 Å². The minimum absolute atomic E-state index is 0.0280. The van der Waals surface area contributed by atoms with E-state index in [1.54, 1.807) is 10.6 Å². The van der Waals surface area contributed by atoms with Crippen molar-refractivity contribution in [2.75, 3.05) is 24.7 Å². The van der Waals surface area contributed by atoms with Crippen molar-refractivity contribution < 1.29 is 47.1 Å². The second kappa shape index (κ2) is 11.6. The molecule has 0 saturated carbocycles. The molecule has 0 spiro atoms. The molecule has 0 radical (unpaired) electrons. The number of pyridine rings is 1. The van der Waals surface area contributed by atoms with Crippen LogP contribution in [0, 0.1) is 0 Å². The summed E-state index contributed by atoms with van der Waals surface area (Å²) in [5, 5.41) is 9.68. The number of nitrogens with zero attached hydrogens (tertiary/aromatic N) is 6. The summed E-state index contributed by atoms with van der Waals surface area (Å²) < 4.78 is 55.1. The molecule has 4 unspecified atom stereocenters. The van der Waals surface area contributed by atoms with E-state index in [1.807, 2.05) is 0 Å². The van der Waals surface area contributed by atoms with Crippen molar-refractivity contribution in [1.29, 1.82) is 0 Å². The number of imidazole rings is 2. The summed E-state index contributed by atoms with van der Waals surface area (Å²) in [4.78, 5) is 50.8. The maximum absolute atomic E-state index is 13.1. The highest BCUT2D eigenvalue weighted by Gasteiger charge is 2.46. The minimum Gasteiger partial charge on any atom is -0.394 e. The number of hydrogen-bond donors (Lipinski definition) is 6. The van der Waals surface area contributed by atoms with Gasteiger partial charge in [-0.2, -0.15) is 4.98 Å². The molecule has 2 aliphatic rings. The first kappa shape index (κ1) is 29.6. The third kappa shape index (κ3) is 5.89. The molecule has 8 N–H and O–H groups in total. The molecule has 22 heteroatoms. The molecule has 6 rings (SSSR count). The molecule has 0 aromatic carbocycles. The summed E-state index contributed by atoms with van der Waals surface area (Å²) in [6.07, 6.45) is -1.73. The van der Waals surface area contributed by atoms with Gasteiger partial charge in [0.05, 0.1) is 37.5 Å². The number of nitrogens with two attached hydrogens (primary N) is 2. The van der Waals surface area contributed by atoms with Crippen LogP contribution in [-0.4, -0.2) is 86.6 Å². The van der Waals surface area contributed by atoms with Crippen LogP contribution in [0.5, 0.6) is 0 Å². The molecule has 0 bridgehead atoms. The number of ether oxygens (including phenoxy) is 2. The van der Waals surface area contributed by atoms with Gasteiger partial charge >= 0.3 is 16.1 Å². The van der Waals surface area contributed by atoms with E-state index in [0.29, 0.717) is 11.0 Å². The van der Waals surface area contributed by atoms with Crippen LogP contribution >= 0.6 is 16.1 Å². The number of nitrogen functional groups attached to an aromatic ring is 2. The van der Waals surface area contributed by atoms with E-state index in [9.17, 15) is 28.8 Å². The molecule has 2 saturated heterocycles. The number of hydrogen-bond acceptors (Lipinski definition) is 15. The van der Waals surface area contributed by atoms with Crippen LogP contribution in [0.1, 0.15) is 25.3 Å². The smallest absolute Gasteiger partial charge is 0.394 e. The van der Waals surface area contributed by atoms with Gasteiger partial charge in [0.1, 0.15) is 30.1 Å². The molecule has 8 atom stereocenters. The van der Waals surface area contributed by atoms with Gasteiger partial charge in [0.15, 0.2) is 23.2 Å². The Morgan fingerprint density at radius 1 is 1.14 bits per heavy atom. The topological polar surface area (TPSA) is 287 Å². The first-order valence-electron chi connectivity index (χ1n) is 12.7. The molecule has 43 heavy (non-hydrogen) atoms. The van der Waals surface area contributed by atoms with Crippen LogP contribution in [0.4, 0.5) is 11.8 Å². The minimum atomic E-state index is -4.86. The van der Waals surface area contributed by atoms with Crippen LogP contribution < -0.4 is 17.0 Å². The van der Waals surface area contributed by atoms with Gasteiger partial charge in [0, 0.05) is 23.6 Å². The lowest BCUT2D eigenvalue weighted by atomic mass is 10.2. The van der Waals surface area contributed by atoms with Gasteiger partial charge < -0.3 is 35.5 Å². The van der Waals surface area contributed by atoms with E-state index in [-0.39, 0.29) is 35.8 Å². The number of rotatable bonds is 10. The number of H-pyrrole nitrogens is 1. The quantitative estimate of drug-likeness (QED) is 0.122. The highest BCUT2D eigenvalue weighted by molar-refractivity contribution is 7.47. The molecule has 6 heterocycles. The van der Waals surface area contributed by atoms with Gasteiger partial charge in [0.25, 0.3) is 5.56 Å². The van der Waals surface area contributed by atoms with Gasteiger partial charge in [-0.05, 0) is 6.07 Å². The molecule has 2 aliphatic heterocycles. The van der Waals surface area contributed by atoms with Gasteiger partial charge in [-0.15, -0.1) is 9.42 Å². The van der Waals surface area contributed by atoms with Crippen molar-refractivity contribution >= 4 is 50.0 Å². The number of aromatic nitrogens is 7. The van der Waals surface area contributed by atoms with Crippen molar-refractivity contribution in [1.82, 2.24) is 34.1 Å². The van der Waals surface area contributed by atoms with Crippen LogP contribution in [0.2, 0.25) is 0 Å². The lowest BCUT2D eigenvalue weighted by Crippen LogP contribution is -2.28. The number of phosphoric ester groups is 1. The standard InChI is InChI=1S/C21H25N9O11P2/c22-17-15-10(1-2-24-17)29(7-25-15)14-4-11(40-42(33)34)13(39-14)6-37-43(35,36)41-12-3-9(5-31)38-20(12)30-8-26-16-18(30)27-21(23)28-19(16)32/h1-2,7-9,11-14,20,31H,3-6H2,(H6-,22,23,24,27,28,32,33,34,35,36)/p+1/t9-,11?,12?,13+,14+,20+/m0/s1. The van der Waals surface area contributed by atoms with E-state index in [1.165, 1.54) is 23.4 Å². The number of aromatic amines is 1. The predicted octanol–water partition coefficient (Wildman–Crippen LogP) is -0.167. The normalized spacial score (nSPS) is 27.7. The number of anilines is 2. The lowest BCUT2D eigenvalue weighted by molar-refractivity contribution is -0.0578. The molecular formula is C21H26N9O11P2+. The van der Waals surface area contributed by atoms with Crippen LogP contribution in [-0.2, 0) is 32.2 Å². The van der Waals surface area contributed by atoms with Crippen molar-refractivity contribution in [3.8, 4) is 0 Å². The fourth-order valence-electron chi connectivity index (χ4n) is 5.13. The van der Waals surface area contributed by atoms with E-state index >= 15 is 0 Å². The number of nitrogens with one attached hydrogen (secondary N) is 1. The summed E-state index contributed by atoms with van der Waals surface area (Å²) in [6, 6.07) is 1.66. The Bertz CT molecular complexity index is 1780. The molecule has 2 fully saturated rings. The van der Waals surface area contributed by atoms with Gasteiger partial charge in [-0.1, -0.05) is 0 Å². The van der Waals surface area contributed by atoms with Gasteiger partial charge in [0.2, 0.25) is 5.95 Å². The molecule has 4 aromatic rings. The maximum Gasteiger partial charge on any atom is 0.695 e. The second-order valence-electron chi connectivity index (χ2n) is 9.71. The Morgan fingerprint density at radius 3 is 2.67 bits per heavy atom. The van der Waals surface area contributed by atoms with E-state index in [2.05, 4.69) is 24.9 Å². The Hall–Kier alpha value is -3.42. The Labute approximate surface area is 241 Å². The molecule has 4 aromatic heterocycles. The van der Waals surface area contributed by atoms with Crippen LogP contribution in [0.3, 0.4) is 0 Å². The molecule has 230 valence electrons. The van der Waals surface area contributed by atoms with Crippen molar-refractivity contribution in [2.45, 2.75) is 49.7 Å². The summed E-state index contributed by atoms with van der Waals surface area (Å²) in [6.45, 7) is -1.01. The Balaban J connectivity index is 1.18. The zero-order valence-electron chi connectivity index (χ0n) is 21.9. The van der Waals surface area contributed by atoms with E-state index in [0.717, 1.165) is 0 Å². The SMILES string of the molecule is Nc1nc2c(ncn2[C@@H]2O[C@H](CO)CC2OP(=O)(O)OC[C@H]2O[C@@H](n3cnc4c(N)nccc43)CC2O[P+](=O)O)c(=O)[nH]1. The zero-order valence-corrected chi connectivity index (χ0v) is 23.7. The van der Waals surface area contributed by atoms with Crippen LogP contribution in [0.25, 0.3) is 22.2 Å². The Kier molecular flexibility index (Phi) is 7.99. The second-order valence-corrected chi connectivity index (χ2v) is 11.8. The molecular weight excluding hydrogens is 616 g/mol. The average molecular weight is 642 g/mol. The highest BCUT2D eigenvalue weighted by atomic mass is 31.2. The fourth-order valence-corrected chi connectivity index (χ4v) is 6.51. The predicted molar refractivity (Wildman–Crippen MR) is 144 cm³/mol. The summed E-state index contributed by atoms with van der Waals surface area (Å²) in [7, 11) is -7.91. The Morgan fingerprint density at radius 2 is 1.91 bits per heavy atom. The highest BCUT2D eigenvalue weighted by Crippen LogP contribution is 2.50. The van der Waals surface area contributed by atoms with Crippen molar-refractivity contribution in [3.05, 3.63) is 35.3 Å². The first-order chi connectivity index (χ1) is 20.5. The summed E-state index contributed by atoms with van der Waals surface area (Å²) in [5.74, 6) is 0.00999. The molecule has 0 aliphatic carbocycles. The number of phosphoric acid groups is 1. The lowest BCUT2D eigenvalue weighted by Gasteiger charge is -2.23. The largest absolute Gasteiger partial charge is 0.695 e. The number of aliphatic hydroxyl groups excluding tert-OH is 1. The average Bonchev–Trinajstić information content (AvgIpc) is 3.72. The summed E-state index contributed by atoms with van der Waals surface area (Å²) >= 11 is 0. The number of aliphatic hydroxyl groups is 1. The third-order valence-corrected chi connectivity index (χ3v) is 8.44. The first-order valence-corrected chi connectivity index (χ1v) is 15.4. The van der Waals surface area contributed by atoms with E-state index < -0.39 is 71.7 Å².